The molecule has 0 fully saturated rings. The molecular weight excluding hydrogens is 340 g/mol. The number of allylic oxidation sites excluding steroid dienone is 1. The highest BCUT2D eigenvalue weighted by Gasteiger charge is 2.19. The summed E-state index contributed by atoms with van der Waals surface area (Å²) in [6.45, 7) is 2.25. The summed E-state index contributed by atoms with van der Waals surface area (Å²) >= 11 is 0. The van der Waals surface area contributed by atoms with Gasteiger partial charge in [0.05, 0.1) is 5.52 Å². The van der Waals surface area contributed by atoms with E-state index in [1.54, 1.807) is 30.3 Å². The molecule has 3 aromatic rings. The number of anilines is 1. The molecule has 0 spiro atoms. The quantitative estimate of drug-likeness (QED) is 0.555. The molecule has 0 atom stereocenters. The van der Waals surface area contributed by atoms with Crippen molar-refractivity contribution < 1.29 is 9.90 Å². The first-order valence-corrected chi connectivity index (χ1v) is 8.78. The van der Waals surface area contributed by atoms with Gasteiger partial charge >= 0.3 is 0 Å². The van der Waals surface area contributed by atoms with Crippen molar-refractivity contribution in [2.45, 2.75) is 13.5 Å². The smallest absolute Gasteiger partial charge is 0.266 e. The number of carbonyl (C=O) groups excluding carboxylic acids is 1. The molecule has 0 amide bonds. The van der Waals surface area contributed by atoms with Crippen LogP contribution < -0.4 is 10.5 Å². The van der Waals surface area contributed by atoms with Crippen molar-refractivity contribution in [1.82, 2.24) is 4.57 Å². The lowest BCUT2D eigenvalue weighted by Crippen LogP contribution is -2.26. The van der Waals surface area contributed by atoms with Crippen LogP contribution in [0.1, 0.15) is 22.8 Å². The summed E-state index contributed by atoms with van der Waals surface area (Å²) in [5.74, 6) is -0.778. The minimum atomic E-state index is -0.512. The maximum absolute atomic E-state index is 12.7. The first kappa shape index (κ1) is 18.5. The van der Waals surface area contributed by atoms with E-state index < -0.39 is 11.3 Å². The molecule has 2 aromatic carbocycles. The number of nitrogens with zero attached hydrogens (tertiary/aromatic N) is 2. The van der Waals surface area contributed by atoms with E-state index in [1.807, 2.05) is 50.2 Å². The molecule has 0 unspecified atom stereocenters. The fourth-order valence-corrected chi connectivity index (χ4v) is 3.06. The fraction of sp³-hybridized carbons (Fsp3) is 0.182. The molecule has 0 saturated carbocycles. The molecule has 0 aliphatic heterocycles. The van der Waals surface area contributed by atoms with Gasteiger partial charge < -0.3 is 14.6 Å². The van der Waals surface area contributed by atoms with E-state index in [0.29, 0.717) is 17.4 Å². The summed E-state index contributed by atoms with van der Waals surface area (Å²) in [4.78, 5) is 27.4. The maximum Gasteiger partial charge on any atom is 0.266 e. The van der Waals surface area contributed by atoms with Crippen LogP contribution in [0.3, 0.4) is 0 Å². The van der Waals surface area contributed by atoms with Crippen molar-refractivity contribution in [3.8, 4) is 5.75 Å². The van der Waals surface area contributed by atoms with E-state index >= 15 is 0 Å². The van der Waals surface area contributed by atoms with E-state index in [9.17, 15) is 14.7 Å². The van der Waals surface area contributed by atoms with Crippen LogP contribution in [0, 0.1) is 0 Å². The van der Waals surface area contributed by atoms with Crippen LogP contribution in [0.4, 0.5) is 5.69 Å². The van der Waals surface area contributed by atoms with Crippen LogP contribution in [-0.4, -0.2) is 29.6 Å². The van der Waals surface area contributed by atoms with Gasteiger partial charge in [-0.2, -0.15) is 0 Å². The average Bonchev–Trinajstić information content (AvgIpc) is 2.67. The molecule has 3 rings (SSSR count). The third-order valence-electron chi connectivity index (χ3n) is 4.55. The molecule has 0 aliphatic rings. The average molecular weight is 362 g/mol. The second kappa shape index (κ2) is 7.50. The Morgan fingerprint density at radius 3 is 2.41 bits per heavy atom. The van der Waals surface area contributed by atoms with Gasteiger partial charge in [-0.05, 0) is 42.8 Å². The highest BCUT2D eigenvalue weighted by atomic mass is 16.3. The van der Waals surface area contributed by atoms with Crippen molar-refractivity contribution in [2.75, 3.05) is 19.0 Å². The third kappa shape index (κ3) is 3.49. The largest absolute Gasteiger partial charge is 0.506 e. The summed E-state index contributed by atoms with van der Waals surface area (Å²) in [5, 5.41) is 11.0. The molecule has 0 radical (unpaired) electrons. The molecule has 0 aliphatic carbocycles. The van der Waals surface area contributed by atoms with Crippen LogP contribution in [0.5, 0.6) is 5.75 Å². The van der Waals surface area contributed by atoms with Crippen molar-refractivity contribution in [3.63, 3.8) is 0 Å². The highest BCUT2D eigenvalue weighted by molar-refractivity contribution is 6.11. The molecule has 138 valence electrons. The van der Waals surface area contributed by atoms with Gasteiger partial charge in [-0.25, -0.2) is 0 Å². The van der Waals surface area contributed by atoms with E-state index in [2.05, 4.69) is 0 Å². The summed E-state index contributed by atoms with van der Waals surface area (Å²) in [7, 11) is 3.91. The van der Waals surface area contributed by atoms with Gasteiger partial charge in [0.15, 0.2) is 5.78 Å². The first-order valence-electron chi connectivity index (χ1n) is 8.78. The van der Waals surface area contributed by atoms with Gasteiger partial charge in [0.2, 0.25) is 0 Å². The number of fused-ring (bicyclic) bond motifs is 1. The number of ketones is 1. The fourth-order valence-electron chi connectivity index (χ4n) is 3.06. The van der Waals surface area contributed by atoms with Gasteiger partial charge in [-0.15, -0.1) is 0 Å². The van der Waals surface area contributed by atoms with E-state index in [1.165, 1.54) is 10.6 Å². The summed E-state index contributed by atoms with van der Waals surface area (Å²) in [6.07, 6.45) is 2.97. The zero-order valence-corrected chi connectivity index (χ0v) is 15.6. The number of para-hydroxylation sites is 1. The monoisotopic (exact) mass is 362 g/mol. The maximum atomic E-state index is 12.7. The van der Waals surface area contributed by atoms with Crippen LogP contribution in [-0.2, 0) is 6.54 Å². The van der Waals surface area contributed by atoms with E-state index in [0.717, 1.165) is 11.3 Å². The van der Waals surface area contributed by atoms with Crippen LogP contribution >= 0.6 is 0 Å². The predicted octanol–water partition coefficient (Wildman–Crippen LogP) is 3.69. The Bertz CT molecular complexity index is 1080. The van der Waals surface area contributed by atoms with Gasteiger partial charge in [0.1, 0.15) is 11.3 Å². The number of carbonyl (C=O) groups is 1. The molecule has 1 heterocycles. The zero-order valence-electron chi connectivity index (χ0n) is 15.6. The van der Waals surface area contributed by atoms with E-state index in [4.69, 9.17) is 0 Å². The van der Waals surface area contributed by atoms with E-state index in [-0.39, 0.29) is 11.3 Å². The molecule has 27 heavy (non-hydrogen) atoms. The Balaban J connectivity index is 2.02. The minimum Gasteiger partial charge on any atom is -0.506 e. The van der Waals surface area contributed by atoms with Crippen molar-refractivity contribution in [2.24, 2.45) is 0 Å². The number of benzene rings is 2. The second-order valence-electron chi connectivity index (χ2n) is 6.47. The second-order valence-corrected chi connectivity index (χ2v) is 6.47. The van der Waals surface area contributed by atoms with Crippen LogP contribution in [0.15, 0.2) is 59.4 Å². The number of aromatic nitrogens is 1. The Labute approximate surface area is 157 Å². The number of aromatic hydroxyl groups is 1. The first-order chi connectivity index (χ1) is 12.9. The summed E-state index contributed by atoms with van der Waals surface area (Å²) in [5.41, 5.74) is 1.83. The van der Waals surface area contributed by atoms with Crippen LogP contribution in [0.2, 0.25) is 0 Å². The zero-order chi connectivity index (χ0) is 19.6. The van der Waals surface area contributed by atoms with Gasteiger partial charge in [0.25, 0.3) is 5.56 Å². The number of hydrogen-bond acceptors (Lipinski definition) is 4. The highest BCUT2D eigenvalue weighted by Crippen LogP contribution is 2.26. The number of aryl methyl sites for hydroxylation is 1. The Morgan fingerprint density at radius 1 is 1.11 bits per heavy atom. The topological polar surface area (TPSA) is 62.5 Å². The lowest BCUT2D eigenvalue weighted by molar-refractivity contribution is 0.104. The number of hydrogen-bond donors (Lipinski definition) is 1. The molecule has 0 bridgehead atoms. The van der Waals surface area contributed by atoms with Crippen LogP contribution in [0.25, 0.3) is 17.0 Å². The molecule has 0 saturated heterocycles. The molecular formula is C22H22N2O3. The number of rotatable bonds is 5. The van der Waals surface area contributed by atoms with Crippen molar-refractivity contribution in [1.29, 1.82) is 0 Å². The standard InChI is InChI=1S/C22H22N2O3/c1-4-24-18-8-6-5-7-17(18)21(26)20(22(24)27)19(25)14-11-15-9-12-16(13-10-15)23(2)3/h5-14,26H,4H2,1-3H3/b14-11+. The summed E-state index contributed by atoms with van der Waals surface area (Å²) in [6, 6.07) is 14.7. The summed E-state index contributed by atoms with van der Waals surface area (Å²) < 4.78 is 1.50. The van der Waals surface area contributed by atoms with Gasteiger partial charge in [-0.3, -0.25) is 9.59 Å². The number of pyridine rings is 1. The lowest BCUT2D eigenvalue weighted by Gasteiger charge is -2.12. The lowest BCUT2D eigenvalue weighted by atomic mass is 10.1. The third-order valence-corrected chi connectivity index (χ3v) is 4.55. The Hall–Kier alpha value is -3.34. The Morgan fingerprint density at radius 2 is 1.78 bits per heavy atom. The van der Waals surface area contributed by atoms with Gasteiger partial charge in [0, 0.05) is 31.7 Å². The molecule has 1 aromatic heterocycles. The van der Waals surface area contributed by atoms with Crippen molar-refractivity contribution >= 4 is 28.4 Å². The van der Waals surface area contributed by atoms with Gasteiger partial charge in [-0.1, -0.05) is 30.3 Å². The predicted molar refractivity (Wildman–Crippen MR) is 110 cm³/mol. The normalized spacial score (nSPS) is 11.2. The molecule has 5 heteroatoms. The minimum absolute atomic E-state index is 0.197. The Kier molecular flexibility index (Phi) is 5.12. The van der Waals surface area contributed by atoms with Crippen molar-refractivity contribution in [3.05, 3.63) is 76.1 Å². The molecule has 5 nitrogen and oxygen atoms in total. The molecule has 1 N–H and O–H groups in total. The SMILES string of the molecule is CCn1c(=O)c(C(=O)/C=C/c2ccc(N(C)C)cc2)c(O)c2ccccc21.